The van der Waals surface area contributed by atoms with E-state index in [0.29, 0.717) is 18.5 Å². The minimum absolute atomic E-state index is 0.0674. The zero-order valence-corrected chi connectivity index (χ0v) is 20.4. The van der Waals surface area contributed by atoms with Gasteiger partial charge < -0.3 is 10.1 Å². The number of hydrogen-bond acceptors (Lipinski definition) is 4. The molecule has 0 aromatic heterocycles. The number of hydrogen-bond donors (Lipinski definition) is 1. The van der Waals surface area contributed by atoms with Gasteiger partial charge in [-0.15, -0.1) is 0 Å². The largest absolute Gasteiger partial charge is 0.417 e. The molecule has 2 atom stereocenters. The van der Waals surface area contributed by atoms with Gasteiger partial charge in [-0.25, -0.2) is 0 Å². The fourth-order valence-corrected chi connectivity index (χ4v) is 5.56. The third kappa shape index (κ3) is 6.53. The van der Waals surface area contributed by atoms with E-state index in [1.807, 2.05) is 6.07 Å². The lowest BCUT2D eigenvalue weighted by Gasteiger charge is -2.26. The molecule has 1 amide bonds. The SMILES string of the molecule is O=C(NCCCN1CCOCC1)C1CC1c1ccc(Sc2ccccc2Br)c(C(F)(F)F)c1. The maximum atomic E-state index is 13.8. The fourth-order valence-electron chi connectivity index (χ4n) is 4.06. The third-order valence-electron chi connectivity index (χ3n) is 5.98. The van der Waals surface area contributed by atoms with Crippen LogP contribution < -0.4 is 5.32 Å². The van der Waals surface area contributed by atoms with E-state index in [4.69, 9.17) is 4.74 Å². The first kappa shape index (κ1) is 24.6. The lowest BCUT2D eigenvalue weighted by Crippen LogP contribution is -2.38. The topological polar surface area (TPSA) is 41.6 Å². The highest BCUT2D eigenvalue weighted by molar-refractivity contribution is 9.10. The minimum Gasteiger partial charge on any atom is -0.379 e. The second-order valence-electron chi connectivity index (χ2n) is 8.33. The summed E-state index contributed by atoms with van der Waals surface area (Å²) >= 11 is 4.48. The normalized spacial score (nSPS) is 21.1. The van der Waals surface area contributed by atoms with Crippen molar-refractivity contribution in [3.63, 3.8) is 0 Å². The Labute approximate surface area is 204 Å². The van der Waals surface area contributed by atoms with Crippen molar-refractivity contribution in [3.8, 4) is 0 Å². The molecule has 1 aliphatic heterocycles. The molecule has 4 nitrogen and oxygen atoms in total. The number of nitrogens with zero attached hydrogens (tertiary/aromatic N) is 1. The van der Waals surface area contributed by atoms with Crippen LogP contribution in [-0.2, 0) is 15.7 Å². The van der Waals surface area contributed by atoms with Gasteiger partial charge in [0.15, 0.2) is 0 Å². The van der Waals surface area contributed by atoms with E-state index < -0.39 is 11.7 Å². The number of morpholine rings is 1. The van der Waals surface area contributed by atoms with Crippen LogP contribution in [0.4, 0.5) is 13.2 Å². The predicted molar refractivity (Wildman–Crippen MR) is 125 cm³/mol. The number of nitrogens with one attached hydrogen (secondary N) is 1. The van der Waals surface area contributed by atoms with Gasteiger partial charge in [-0.1, -0.05) is 30.0 Å². The van der Waals surface area contributed by atoms with Gasteiger partial charge in [0.25, 0.3) is 0 Å². The Kier molecular flexibility index (Phi) is 8.04. The fraction of sp³-hybridized carbons (Fsp3) is 0.458. The highest BCUT2D eigenvalue weighted by Crippen LogP contribution is 2.50. The first-order valence-electron chi connectivity index (χ1n) is 11.0. The van der Waals surface area contributed by atoms with Crippen LogP contribution in [-0.4, -0.2) is 50.2 Å². The van der Waals surface area contributed by atoms with Gasteiger partial charge in [0.05, 0.1) is 18.8 Å². The molecule has 2 aromatic rings. The highest BCUT2D eigenvalue weighted by Gasteiger charge is 2.45. The zero-order valence-electron chi connectivity index (χ0n) is 18.0. The van der Waals surface area contributed by atoms with Crippen LogP contribution in [0.2, 0.25) is 0 Å². The van der Waals surface area contributed by atoms with Crippen molar-refractivity contribution in [1.29, 1.82) is 0 Å². The summed E-state index contributed by atoms with van der Waals surface area (Å²) in [5.41, 5.74) is -0.0791. The molecule has 178 valence electrons. The summed E-state index contributed by atoms with van der Waals surface area (Å²) in [4.78, 5) is 15.7. The Morgan fingerprint density at radius 2 is 1.91 bits per heavy atom. The van der Waals surface area contributed by atoms with Crippen LogP contribution in [0.3, 0.4) is 0 Å². The van der Waals surface area contributed by atoms with Crippen LogP contribution in [0.15, 0.2) is 56.7 Å². The second kappa shape index (κ2) is 10.8. The van der Waals surface area contributed by atoms with E-state index in [1.165, 1.54) is 12.1 Å². The average molecular weight is 543 g/mol. The summed E-state index contributed by atoms with van der Waals surface area (Å²) < 4.78 is 47.5. The van der Waals surface area contributed by atoms with Crippen LogP contribution in [0.25, 0.3) is 0 Å². The van der Waals surface area contributed by atoms with Crippen LogP contribution in [0.1, 0.15) is 29.9 Å². The molecule has 9 heteroatoms. The van der Waals surface area contributed by atoms with Gasteiger partial charge in [-0.05, 0) is 71.1 Å². The Morgan fingerprint density at radius 3 is 2.64 bits per heavy atom. The van der Waals surface area contributed by atoms with Gasteiger partial charge in [-0.2, -0.15) is 13.2 Å². The van der Waals surface area contributed by atoms with Crippen molar-refractivity contribution < 1.29 is 22.7 Å². The molecule has 0 bridgehead atoms. The number of ether oxygens (including phenoxy) is 1. The third-order valence-corrected chi connectivity index (χ3v) is 8.08. The molecule has 0 radical (unpaired) electrons. The number of benzene rings is 2. The van der Waals surface area contributed by atoms with Crippen LogP contribution in [0, 0.1) is 5.92 Å². The summed E-state index contributed by atoms with van der Waals surface area (Å²) in [7, 11) is 0. The molecule has 2 fully saturated rings. The van der Waals surface area contributed by atoms with Gasteiger partial charge in [0.1, 0.15) is 0 Å². The van der Waals surface area contributed by atoms with E-state index in [9.17, 15) is 18.0 Å². The van der Waals surface area contributed by atoms with Crippen LogP contribution >= 0.6 is 27.7 Å². The molecular weight excluding hydrogens is 517 g/mol. The Balaban J connectivity index is 1.35. The maximum absolute atomic E-state index is 13.8. The van der Waals surface area contributed by atoms with E-state index in [2.05, 4.69) is 26.1 Å². The zero-order chi connectivity index (χ0) is 23.4. The summed E-state index contributed by atoms with van der Waals surface area (Å²) in [6.45, 7) is 4.80. The van der Waals surface area contributed by atoms with Gasteiger partial charge >= 0.3 is 6.18 Å². The standard InChI is InChI=1S/C24H26BrF3N2O2S/c25-20-4-1-2-5-22(20)33-21-7-6-16(14-19(21)24(26,27)28)17-15-18(17)23(31)29-8-3-9-30-10-12-32-13-11-30/h1-2,4-7,14,17-18H,3,8-13,15H2,(H,29,31). The molecule has 33 heavy (non-hydrogen) atoms. The quantitative estimate of drug-likeness (QED) is 0.443. The lowest BCUT2D eigenvalue weighted by molar-refractivity contribution is -0.139. The molecule has 1 saturated heterocycles. The molecule has 4 rings (SSSR count). The van der Waals surface area contributed by atoms with Crippen molar-refractivity contribution in [2.45, 2.75) is 34.7 Å². The van der Waals surface area contributed by atoms with Crippen molar-refractivity contribution in [3.05, 3.63) is 58.1 Å². The average Bonchev–Trinajstić information content (AvgIpc) is 3.59. The van der Waals surface area contributed by atoms with Crippen molar-refractivity contribution in [2.24, 2.45) is 5.92 Å². The summed E-state index contributed by atoms with van der Waals surface area (Å²) in [6.07, 6.45) is -3.03. The number of halogens is 4. The number of rotatable bonds is 8. The summed E-state index contributed by atoms with van der Waals surface area (Å²) in [5, 5.41) is 2.95. The first-order valence-corrected chi connectivity index (χ1v) is 12.6. The van der Waals surface area contributed by atoms with Crippen molar-refractivity contribution in [2.75, 3.05) is 39.4 Å². The molecule has 1 heterocycles. The second-order valence-corrected chi connectivity index (χ2v) is 10.3. The molecule has 2 aliphatic rings. The molecule has 2 aromatic carbocycles. The number of alkyl halides is 3. The first-order chi connectivity index (χ1) is 15.8. The number of amides is 1. The van der Waals surface area contributed by atoms with E-state index in [1.54, 1.807) is 24.3 Å². The highest BCUT2D eigenvalue weighted by atomic mass is 79.9. The van der Waals surface area contributed by atoms with Gasteiger partial charge in [0.2, 0.25) is 5.91 Å². The Hall–Kier alpha value is -1.55. The molecule has 1 N–H and O–H groups in total. The minimum atomic E-state index is -4.47. The lowest BCUT2D eigenvalue weighted by atomic mass is 10.0. The van der Waals surface area contributed by atoms with E-state index in [-0.39, 0.29) is 22.6 Å². The molecule has 1 aliphatic carbocycles. The van der Waals surface area contributed by atoms with Crippen molar-refractivity contribution in [1.82, 2.24) is 10.2 Å². The summed E-state index contributed by atoms with van der Waals surface area (Å²) in [6, 6.07) is 11.7. The Bertz CT molecular complexity index is 982. The molecule has 1 saturated carbocycles. The molecular formula is C24H26BrF3N2O2S. The maximum Gasteiger partial charge on any atom is 0.417 e. The van der Waals surface area contributed by atoms with Gasteiger partial charge in [-0.3, -0.25) is 9.69 Å². The number of carbonyl (C=O) groups excluding carboxylic acids is 1. The van der Waals surface area contributed by atoms with E-state index >= 15 is 0 Å². The summed E-state index contributed by atoms with van der Waals surface area (Å²) in [5.74, 6) is -0.480. The van der Waals surface area contributed by atoms with Crippen molar-refractivity contribution >= 4 is 33.6 Å². The molecule has 0 spiro atoms. The smallest absolute Gasteiger partial charge is 0.379 e. The van der Waals surface area contributed by atoms with Crippen LogP contribution in [0.5, 0.6) is 0 Å². The Morgan fingerprint density at radius 1 is 1.15 bits per heavy atom. The predicted octanol–water partition coefficient (Wildman–Crippen LogP) is 5.56. The van der Waals surface area contributed by atoms with E-state index in [0.717, 1.165) is 60.4 Å². The van der Waals surface area contributed by atoms with Gasteiger partial charge in [0, 0.05) is 39.8 Å². The molecule has 2 unspecified atom stereocenters. The monoisotopic (exact) mass is 542 g/mol. The number of carbonyl (C=O) groups is 1.